The molecule has 1 aromatic rings. The lowest BCUT2D eigenvalue weighted by Crippen LogP contribution is -2.29. The van der Waals surface area contributed by atoms with Crippen LogP contribution in [0, 0.1) is 6.92 Å². The van der Waals surface area contributed by atoms with E-state index in [1.165, 1.54) is 11.8 Å². The van der Waals surface area contributed by atoms with Crippen LogP contribution in [0.15, 0.2) is 4.90 Å². The second kappa shape index (κ2) is 5.48. The van der Waals surface area contributed by atoms with Gasteiger partial charge in [-0.05, 0) is 27.7 Å². The summed E-state index contributed by atoms with van der Waals surface area (Å²) in [7, 11) is -2.17. The van der Waals surface area contributed by atoms with E-state index in [4.69, 9.17) is 10.5 Å². The highest BCUT2D eigenvalue weighted by Gasteiger charge is 2.28. The quantitative estimate of drug-likeness (QED) is 0.767. The monoisotopic (exact) mass is 290 g/mol. The molecule has 0 aliphatic heterocycles. The third-order valence-corrected chi connectivity index (χ3v) is 4.17. The van der Waals surface area contributed by atoms with Crippen LogP contribution in [0.25, 0.3) is 0 Å². The minimum atomic E-state index is -3.67. The molecule has 1 aromatic heterocycles. The summed E-state index contributed by atoms with van der Waals surface area (Å²) in [4.78, 5) is 0.0403. The lowest BCUT2D eigenvalue weighted by atomic mass is 10.1. The first-order chi connectivity index (χ1) is 8.61. The van der Waals surface area contributed by atoms with Crippen molar-refractivity contribution < 1.29 is 13.2 Å². The molecule has 1 heterocycles. The molecule has 0 radical (unpaired) electrons. The highest BCUT2D eigenvalue weighted by atomic mass is 32.2. The molecule has 0 aliphatic carbocycles. The van der Waals surface area contributed by atoms with Crippen molar-refractivity contribution in [2.45, 2.75) is 38.1 Å². The van der Waals surface area contributed by atoms with Crippen LogP contribution in [-0.2, 0) is 20.3 Å². The van der Waals surface area contributed by atoms with E-state index in [1.54, 1.807) is 6.92 Å². The number of hydrogen-bond acceptors (Lipinski definition) is 5. The maximum atomic E-state index is 12.2. The smallest absolute Gasteiger partial charge is 0.246 e. The number of rotatable bonds is 5. The zero-order valence-electron chi connectivity index (χ0n) is 12.0. The minimum Gasteiger partial charge on any atom is -0.383 e. The molecule has 19 heavy (non-hydrogen) atoms. The summed E-state index contributed by atoms with van der Waals surface area (Å²) in [6.45, 7) is 7.84. The first-order valence-corrected chi connectivity index (χ1v) is 7.43. The number of nitrogens with two attached hydrogens (primary N) is 1. The Morgan fingerprint density at radius 3 is 2.42 bits per heavy atom. The van der Waals surface area contributed by atoms with E-state index in [9.17, 15) is 8.42 Å². The largest absolute Gasteiger partial charge is 0.383 e. The van der Waals surface area contributed by atoms with E-state index >= 15 is 0 Å². The van der Waals surface area contributed by atoms with Gasteiger partial charge in [0.2, 0.25) is 10.0 Å². The number of nitrogens with one attached hydrogen (secondary N) is 1. The second-order valence-corrected chi connectivity index (χ2v) is 6.98. The molecule has 0 fully saturated rings. The molecule has 110 valence electrons. The van der Waals surface area contributed by atoms with Crippen molar-refractivity contribution >= 4 is 15.8 Å². The highest BCUT2D eigenvalue weighted by Crippen LogP contribution is 2.27. The number of anilines is 1. The van der Waals surface area contributed by atoms with Crippen LogP contribution in [0.1, 0.15) is 26.5 Å². The zero-order chi connectivity index (χ0) is 14.8. The van der Waals surface area contributed by atoms with E-state index < -0.39 is 10.0 Å². The van der Waals surface area contributed by atoms with Gasteiger partial charge in [-0.25, -0.2) is 17.8 Å². The molecule has 0 atom stereocenters. The Bertz CT molecular complexity index is 543. The summed E-state index contributed by atoms with van der Waals surface area (Å²) < 4.78 is 33.1. The third kappa shape index (κ3) is 3.46. The van der Waals surface area contributed by atoms with Gasteiger partial charge in [0, 0.05) is 13.7 Å². The number of hydrogen-bond donors (Lipinski definition) is 2. The zero-order valence-corrected chi connectivity index (χ0v) is 12.8. The molecule has 0 aliphatic rings. The van der Waals surface area contributed by atoms with Crippen molar-refractivity contribution in [1.82, 2.24) is 14.5 Å². The van der Waals surface area contributed by atoms with E-state index in [0.29, 0.717) is 12.3 Å². The van der Waals surface area contributed by atoms with E-state index in [1.807, 2.05) is 20.8 Å². The van der Waals surface area contributed by atoms with Crippen molar-refractivity contribution in [1.29, 1.82) is 0 Å². The SMILES string of the molecule is COCCNS(=O)(=O)c1c(C)nn(C(C)(C)C)c1N. The van der Waals surface area contributed by atoms with Gasteiger partial charge < -0.3 is 10.5 Å². The molecular weight excluding hydrogens is 268 g/mol. The van der Waals surface area contributed by atoms with Crippen LogP contribution in [0.2, 0.25) is 0 Å². The molecule has 0 aromatic carbocycles. The molecular formula is C11H22N4O3S. The fourth-order valence-electron chi connectivity index (χ4n) is 1.72. The number of methoxy groups -OCH3 is 1. The van der Waals surface area contributed by atoms with E-state index in [0.717, 1.165) is 0 Å². The summed E-state index contributed by atoms with van der Waals surface area (Å²) >= 11 is 0. The number of aryl methyl sites for hydroxylation is 1. The number of nitrogens with zero attached hydrogens (tertiary/aromatic N) is 2. The summed E-state index contributed by atoms with van der Waals surface area (Å²) in [5, 5.41) is 4.22. The maximum absolute atomic E-state index is 12.2. The number of nitrogen functional groups attached to an aromatic ring is 1. The Morgan fingerprint density at radius 2 is 2.00 bits per heavy atom. The van der Waals surface area contributed by atoms with Crippen LogP contribution in [-0.4, -0.2) is 38.5 Å². The predicted molar refractivity (Wildman–Crippen MR) is 73.4 cm³/mol. The minimum absolute atomic E-state index is 0.0403. The van der Waals surface area contributed by atoms with Gasteiger partial charge in [0.15, 0.2) is 0 Å². The van der Waals surface area contributed by atoms with Crippen molar-refractivity contribution in [2.75, 3.05) is 26.0 Å². The van der Waals surface area contributed by atoms with Gasteiger partial charge in [-0.15, -0.1) is 0 Å². The van der Waals surface area contributed by atoms with Crippen molar-refractivity contribution in [3.63, 3.8) is 0 Å². The van der Waals surface area contributed by atoms with Crippen molar-refractivity contribution in [3.8, 4) is 0 Å². The third-order valence-electron chi connectivity index (χ3n) is 2.54. The molecule has 3 N–H and O–H groups in total. The number of ether oxygens (including phenoxy) is 1. The standard InChI is InChI=1S/C11H22N4O3S/c1-8-9(19(16,17)13-6-7-18-5)10(12)15(14-8)11(2,3)4/h13H,6-7,12H2,1-5H3. The molecule has 0 unspecified atom stereocenters. The summed E-state index contributed by atoms with van der Waals surface area (Å²) in [5.74, 6) is 0.148. The fraction of sp³-hybridized carbons (Fsp3) is 0.727. The highest BCUT2D eigenvalue weighted by molar-refractivity contribution is 7.89. The average molecular weight is 290 g/mol. The first-order valence-electron chi connectivity index (χ1n) is 5.95. The van der Waals surface area contributed by atoms with E-state index in [-0.39, 0.29) is 22.8 Å². The first kappa shape index (κ1) is 15.9. The Labute approximate surface area is 114 Å². The van der Waals surface area contributed by atoms with Crippen LogP contribution < -0.4 is 10.5 Å². The van der Waals surface area contributed by atoms with Gasteiger partial charge in [0.1, 0.15) is 10.7 Å². The van der Waals surface area contributed by atoms with Gasteiger partial charge >= 0.3 is 0 Å². The average Bonchev–Trinajstić information content (AvgIpc) is 2.54. The summed E-state index contributed by atoms with van der Waals surface area (Å²) in [6, 6.07) is 0. The molecule has 0 saturated carbocycles. The molecule has 0 spiro atoms. The fourth-order valence-corrected chi connectivity index (χ4v) is 3.01. The molecule has 0 saturated heterocycles. The predicted octanol–water partition coefficient (Wildman–Crippen LogP) is 0.453. The normalized spacial score (nSPS) is 12.9. The van der Waals surface area contributed by atoms with E-state index in [2.05, 4.69) is 9.82 Å². The topological polar surface area (TPSA) is 99.2 Å². The van der Waals surface area contributed by atoms with Gasteiger partial charge in [0.25, 0.3) is 0 Å². The molecule has 1 rings (SSSR count). The Morgan fingerprint density at radius 1 is 1.42 bits per heavy atom. The Kier molecular flexibility index (Phi) is 4.59. The van der Waals surface area contributed by atoms with Gasteiger partial charge in [-0.3, -0.25) is 0 Å². The number of aromatic nitrogens is 2. The number of sulfonamides is 1. The Hall–Kier alpha value is -1.12. The maximum Gasteiger partial charge on any atom is 0.246 e. The van der Waals surface area contributed by atoms with Crippen molar-refractivity contribution in [3.05, 3.63) is 5.69 Å². The summed E-state index contributed by atoms with van der Waals surface area (Å²) in [5.41, 5.74) is 5.94. The van der Waals surface area contributed by atoms with Crippen LogP contribution in [0.5, 0.6) is 0 Å². The molecule has 0 bridgehead atoms. The van der Waals surface area contributed by atoms with Crippen LogP contribution >= 0.6 is 0 Å². The van der Waals surface area contributed by atoms with Crippen LogP contribution in [0.3, 0.4) is 0 Å². The lowest BCUT2D eigenvalue weighted by Gasteiger charge is -2.20. The van der Waals surface area contributed by atoms with Crippen LogP contribution in [0.4, 0.5) is 5.82 Å². The second-order valence-electron chi connectivity index (χ2n) is 5.27. The molecule has 8 heteroatoms. The van der Waals surface area contributed by atoms with Crippen molar-refractivity contribution in [2.24, 2.45) is 0 Å². The van der Waals surface area contributed by atoms with Gasteiger partial charge in [0.05, 0.1) is 17.8 Å². The lowest BCUT2D eigenvalue weighted by molar-refractivity contribution is 0.204. The molecule has 7 nitrogen and oxygen atoms in total. The van der Waals surface area contributed by atoms with Gasteiger partial charge in [-0.1, -0.05) is 0 Å². The van der Waals surface area contributed by atoms with Gasteiger partial charge in [-0.2, -0.15) is 5.10 Å². The molecule has 0 amide bonds. The Balaban J connectivity index is 3.18. The summed E-state index contributed by atoms with van der Waals surface area (Å²) in [6.07, 6.45) is 0.